The maximum Gasteiger partial charge on any atom is 0.00549 e. The zero-order valence-corrected chi connectivity index (χ0v) is 8.63. The van der Waals surface area contributed by atoms with Crippen molar-refractivity contribution in [3.63, 3.8) is 0 Å². The molecular formula is C11H15S. The van der Waals surface area contributed by atoms with Crippen molar-refractivity contribution in [3.8, 4) is 0 Å². The van der Waals surface area contributed by atoms with Gasteiger partial charge >= 0.3 is 0 Å². The summed E-state index contributed by atoms with van der Waals surface area (Å²) in [6.07, 6.45) is 7.77. The van der Waals surface area contributed by atoms with E-state index in [9.17, 15) is 0 Å². The highest BCUT2D eigenvalue weighted by molar-refractivity contribution is 7.12. The lowest BCUT2D eigenvalue weighted by molar-refractivity contribution is 0.754. The lowest BCUT2D eigenvalue weighted by atomic mass is 10.0. The van der Waals surface area contributed by atoms with Crippen LogP contribution in [0.3, 0.4) is 0 Å². The molecule has 65 valence electrons. The van der Waals surface area contributed by atoms with Gasteiger partial charge in [-0.3, -0.25) is 0 Å². The molecule has 0 saturated heterocycles. The van der Waals surface area contributed by atoms with Crippen LogP contribution in [0.25, 0.3) is 0 Å². The molecule has 2 rings (SSSR count). The standard InChI is InChI=1S/C11H15S/c1-8-10-6-4-3-5-7-11(10)9(2)12-8/h6H,3-5,7H2,1-2H3. The summed E-state index contributed by atoms with van der Waals surface area (Å²) in [4.78, 5) is 3.06. The largest absolute Gasteiger partial charge is 0.145 e. The lowest BCUT2D eigenvalue weighted by Crippen LogP contribution is -1.86. The van der Waals surface area contributed by atoms with Crippen LogP contribution < -0.4 is 0 Å². The first-order valence-electron chi connectivity index (χ1n) is 4.71. The summed E-state index contributed by atoms with van der Waals surface area (Å²) < 4.78 is 0. The number of hydrogen-bond acceptors (Lipinski definition) is 1. The van der Waals surface area contributed by atoms with Crippen molar-refractivity contribution < 1.29 is 0 Å². The minimum Gasteiger partial charge on any atom is -0.145 e. The molecule has 1 heterocycles. The van der Waals surface area contributed by atoms with Crippen LogP contribution in [-0.2, 0) is 6.42 Å². The van der Waals surface area contributed by atoms with Gasteiger partial charge < -0.3 is 0 Å². The minimum atomic E-state index is 1.28. The number of thiophene rings is 1. The summed E-state index contributed by atoms with van der Waals surface area (Å²) in [5.74, 6) is 0. The van der Waals surface area contributed by atoms with E-state index in [1.165, 1.54) is 30.6 Å². The molecule has 0 unspecified atom stereocenters. The highest BCUT2D eigenvalue weighted by atomic mass is 32.1. The van der Waals surface area contributed by atoms with Crippen LogP contribution in [0.1, 0.15) is 40.1 Å². The highest BCUT2D eigenvalue weighted by Gasteiger charge is 2.14. The molecule has 1 aromatic heterocycles. The quantitative estimate of drug-likeness (QED) is 0.533. The smallest absolute Gasteiger partial charge is 0.00549 e. The van der Waals surface area contributed by atoms with Gasteiger partial charge in [-0.2, -0.15) is 0 Å². The summed E-state index contributed by atoms with van der Waals surface area (Å²) in [5, 5.41) is 0. The fourth-order valence-electron chi connectivity index (χ4n) is 2.02. The van der Waals surface area contributed by atoms with Crippen LogP contribution >= 0.6 is 11.3 Å². The maximum absolute atomic E-state index is 2.43. The van der Waals surface area contributed by atoms with Crippen molar-refractivity contribution in [1.82, 2.24) is 0 Å². The average molecular weight is 179 g/mol. The Morgan fingerprint density at radius 1 is 1.17 bits per heavy atom. The maximum atomic E-state index is 2.43. The molecule has 0 spiro atoms. The first-order chi connectivity index (χ1) is 5.79. The van der Waals surface area contributed by atoms with Gasteiger partial charge in [0, 0.05) is 9.75 Å². The van der Waals surface area contributed by atoms with Gasteiger partial charge in [0.05, 0.1) is 0 Å². The second-order valence-electron chi connectivity index (χ2n) is 3.56. The Hall–Kier alpha value is -0.300. The van der Waals surface area contributed by atoms with E-state index in [4.69, 9.17) is 0 Å². The van der Waals surface area contributed by atoms with Crippen LogP contribution in [0.2, 0.25) is 0 Å². The zero-order valence-electron chi connectivity index (χ0n) is 7.81. The van der Waals surface area contributed by atoms with E-state index in [1.807, 2.05) is 11.3 Å². The molecule has 0 aromatic carbocycles. The van der Waals surface area contributed by atoms with Gasteiger partial charge in [0.1, 0.15) is 0 Å². The van der Waals surface area contributed by atoms with E-state index in [2.05, 4.69) is 20.3 Å². The van der Waals surface area contributed by atoms with Crippen molar-refractivity contribution in [1.29, 1.82) is 0 Å². The fraction of sp³-hybridized carbons (Fsp3) is 0.545. The predicted octanol–water partition coefficient (Wildman–Crippen LogP) is 3.64. The van der Waals surface area contributed by atoms with Crippen molar-refractivity contribution >= 4 is 11.3 Å². The monoisotopic (exact) mass is 179 g/mol. The molecule has 0 N–H and O–H groups in total. The molecule has 0 bridgehead atoms. The van der Waals surface area contributed by atoms with Gasteiger partial charge in [0.2, 0.25) is 0 Å². The Kier molecular flexibility index (Phi) is 2.22. The van der Waals surface area contributed by atoms with Crippen molar-refractivity contribution in [2.45, 2.75) is 39.5 Å². The predicted molar refractivity (Wildman–Crippen MR) is 54.8 cm³/mol. The van der Waals surface area contributed by atoms with Crippen LogP contribution in [0.15, 0.2) is 0 Å². The normalized spacial score (nSPS) is 17.2. The molecule has 1 aliphatic carbocycles. The second-order valence-corrected chi connectivity index (χ2v) is 4.99. The van der Waals surface area contributed by atoms with Crippen LogP contribution in [0.4, 0.5) is 0 Å². The summed E-state index contributed by atoms with van der Waals surface area (Å²) >= 11 is 1.96. The van der Waals surface area contributed by atoms with Crippen LogP contribution in [0, 0.1) is 20.3 Å². The molecule has 1 aliphatic rings. The molecule has 0 saturated carbocycles. The van der Waals surface area contributed by atoms with Crippen molar-refractivity contribution in [3.05, 3.63) is 27.3 Å². The van der Waals surface area contributed by atoms with E-state index in [-0.39, 0.29) is 0 Å². The lowest BCUT2D eigenvalue weighted by Gasteiger charge is -1.98. The Bertz CT molecular complexity index is 257. The van der Waals surface area contributed by atoms with Gasteiger partial charge in [-0.1, -0.05) is 6.42 Å². The zero-order chi connectivity index (χ0) is 8.55. The molecular weight excluding hydrogens is 164 g/mol. The summed E-state index contributed by atoms with van der Waals surface area (Å²) in [6.45, 7) is 4.51. The van der Waals surface area contributed by atoms with E-state index >= 15 is 0 Å². The summed E-state index contributed by atoms with van der Waals surface area (Å²) in [7, 11) is 0. The average Bonchev–Trinajstić information content (AvgIpc) is 2.29. The number of hydrogen-bond donors (Lipinski definition) is 0. The summed E-state index contributed by atoms with van der Waals surface area (Å²) in [5.41, 5.74) is 3.20. The molecule has 0 fully saturated rings. The third-order valence-corrected chi connectivity index (χ3v) is 3.74. The van der Waals surface area contributed by atoms with E-state index in [0.29, 0.717) is 0 Å². The number of rotatable bonds is 0. The topological polar surface area (TPSA) is 0 Å². The number of aryl methyl sites for hydroxylation is 2. The molecule has 0 atom stereocenters. The van der Waals surface area contributed by atoms with Crippen LogP contribution in [0.5, 0.6) is 0 Å². The first-order valence-corrected chi connectivity index (χ1v) is 5.53. The van der Waals surface area contributed by atoms with Gasteiger partial charge in [0.25, 0.3) is 0 Å². The molecule has 0 amide bonds. The van der Waals surface area contributed by atoms with Gasteiger partial charge in [-0.15, -0.1) is 11.3 Å². The molecule has 1 aromatic rings. The van der Waals surface area contributed by atoms with Crippen LogP contribution in [-0.4, -0.2) is 0 Å². The van der Waals surface area contributed by atoms with Crippen molar-refractivity contribution in [2.75, 3.05) is 0 Å². The van der Waals surface area contributed by atoms with E-state index in [0.717, 1.165) is 0 Å². The third kappa shape index (κ3) is 1.31. The molecule has 0 aliphatic heterocycles. The van der Waals surface area contributed by atoms with Gasteiger partial charge in [0.15, 0.2) is 0 Å². The molecule has 1 radical (unpaired) electrons. The Morgan fingerprint density at radius 2 is 2.00 bits per heavy atom. The Labute approximate surface area is 78.6 Å². The highest BCUT2D eigenvalue weighted by Crippen LogP contribution is 2.33. The van der Waals surface area contributed by atoms with Gasteiger partial charge in [-0.05, 0) is 50.7 Å². The molecule has 0 nitrogen and oxygen atoms in total. The number of fused-ring (bicyclic) bond motifs is 1. The minimum absolute atomic E-state index is 1.28. The SMILES string of the molecule is Cc1sc(C)c2c1[CH]CCCC2. The third-order valence-electron chi connectivity index (χ3n) is 2.66. The Balaban J connectivity index is 2.44. The summed E-state index contributed by atoms with van der Waals surface area (Å²) in [6, 6.07) is 0. The van der Waals surface area contributed by atoms with E-state index < -0.39 is 0 Å². The van der Waals surface area contributed by atoms with E-state index in [1.54, 1.807) is 16.0 Å². The van der Waals surface area contributed by atoms with Gasteiger partial charge in [-0.25, -0.2) is 0 Å². The second kappa shape index (κ2) is 3.21. The molecule has 1 heteroatoms. The molecule has 12 heavy (non-hydrogen) atoms. The first kappa shape index (κ1) is 8.31. The fourth-order valence-corrected chi connectivity index (χ4v) is 3.13. The van der Waals surface area contributed by atoms with Crippen molar-refractivity contribution in [2.24, 2.45) is 0 Å². The Morgan fingerprint density at radius 3 is 2.83 bits per heavy atom.